The summed E-state index contributed by atoms with van der Waals surface area (Å²) < 4.78 is 58.4. The predicted molar refractivity (Wildman–Crippen MR) is 115 cm³/mol. The largest absolute Gasteiger partial charge is 0.270 e. The summed E-state index contributed by atoms with van der Waals surface area (Å²) in [5.74, 6) is 0. The van der Waals surface area contributed by atoms with Gasteiger partial charge in [-0.1, -0.05) is 65.2 Å². The summed E-state index contributed by atoms with van der Waals surface area (Å²) in [6.45, 7) is 7.73. The van der Waals surface area contributed by atoms with Crippen LogP contribution >= 0.6 is 0 Å². The van der Waals surface area contributed by atoms with E-state index in [-0.39, 0.29) is 13.2 Å². The van der Waals surface area contributed by atoms with Crippen LogP contribution in [0.4, 0.5) is 0 Å². The van der Waals surface area contributed by atoms with Crippen LogP contribution in [0.2, 0.25) is 0 Å². The number of hydrogen-bond donors (Lipinski definition) is 0. The summed E-state index contributed by atoms with van der Waals surface area (Å²) in [5.41, 5.74) is 0. The first kappa shape index (κ1) is 27.8. The molecule has 0 unspecified atom stereocenters. The lowest BCUT2D eigenvalue weighted by Gasteiger charge is -2.14. The summed E-state index contributed by atoms with van der Waals surface area (Å²) in [6.07, 6.45) is 10.4. The van der Waals surface area contributed by atoms with Gasteiger partial charge in [0.2, 0.25) is 0 Å². The van der Waals surface area contributed by atoms with Crippen molar-refractivity contribution in [3.8, 4) is 0 Å². The zero-order valence-corrected chi connectivity index (χ0v) is 20.0. The molecule has 0 amide bonds. The molecule has 0 aliphatic heterocycles. The molecule has 0 saturated heterocycles. The fourth-order valence-electron chi connectivity index (χ4n) is 2.79. The molecule has 0 spiro atoms. The van der Waals surface area contributed by atoms with Crippen molar-refractivity contribution in [3.63, 3.8) is 0 Å². The number of unbranched alkanes of at least 4 members (excludes halogenated alkanes) is 7. The van der Waals surface area contributed by atoms with Crippen molar-refractivity contribution in [2.45, 2.75) is 115 Å². The highest BCUT2D eigenvalue weighted by atomic mass is 32.2. The van der Waals surface area contributed by atoms with E-state index in [1.807, 2.05) is 0 Å². The van der Waals surface area contributed by atoms with E-state index in [1.54, 1.807) is 13.8 Å². The van der Waals surface area contributed by atoms with Crippen LogP contribution in [0.15, 0.2) is 0 Å². The molecule has 0 saturated carbocycles. The van der Waals surface area contributed by atoms with Gasteiger partial charge in [-0.3, -0.25) is 8.37 Å². The van der Waals surface area contributed by atoms with Crippen molar-refractivity contribution >= 4 is 20.2 Å². The van der Waals surface area contributed by atoms with Gasteiger partial charge in [-0.2, -0.15) is 16.8 Å². The van der Waals surface area contributed by atoms with Crippen LogP contribution in [0.3, 0.4) is 0 Å². The first-order valence-electron chi connectivity index (χ1n) is 10.9. The lowest BCUT2D eigenvalue weighted by atomic mass is 10.1. The zero-order chi connectivity index (χ0) is 21.5. The lowest BCUT2D eigenvalue weighted by Crippen LogP contribution is -2.22. The SMILES string of the molecule is CCCCCC[C@@H](C)S(=O)(=O)OCCCCOS(=O)(=O)[C@H](C)CCCCCC. The normalized spacial score (nSPS) is 14.9. The van der Waals surface area contributed by atoms with Crippen LogP contribution < -0.4 is 0 Å². The van der Waals surface area contributed by atoms with Gasteiger partial charge >= 0.3 is 0 Å². The first-order chi connectivity index (χ1) is 13.2. The third-order valence-electron chi connectivity index (χ3n) is 4.95. The topological polar surface area (TPSA) is 86.7 Å². The van der Waals surface area contributed by atoms with E-state index < -0.39 is 30.7 Å². The van der Waals surface area contributed by atoms with E-state index in [0.29, 0.717) is 25.7 Å². The van der Waals surface area contributed by atoms with Crippen LogP contribution in [0.5, 0.6) is 0 Å². The molecule has 170 valence electrons. The van der Waals surface area contributed by atoms with Crippen molar-refractivity contribution in [2.24, 2.45) is 0 Å². The molecule has 0 aromatic carbocycles. The van der Waals surface area contributed by atoms with Crippen LogP contribution in [-0.2, 0) is 28.6 Å². The third-order valence-corrected chi connectivity index (χ3v) is 8.38. The maximum Gasteiger partial charge on any atom is 0.269 e. The fourth-order valence-corrected chi connectivity index (χ4v) is 4.87. The van der Waals surface area contributed by atoms with Crippen LogP contribution in [0.25, 0.3) is 0 Å². The van der Waals surface area contributed by atoms with Crippen LogP contribution in [0.1, 0.15) is 105 Å². The molecule has 6 nitrogen and oxygen atoms in total. The highest BCUT2D eigenvalue weighted by molar-refractivity contribution is 7.87. The van der Waals surface area contributed by atoms with Crippen LogP contribution in [-0.4, -0.2) is 40.5 Å². The van der Waals surface area contributed by atoms with E-state index >= 15 is 0 Å². The highest BCUT2D eigenvalue weighted by Crippen LogP contribution is 2.15. The summed E-state index contributed by atoms with van der Waals surface area (Å²) in [6, 6.07) is 0. The van der Waals surface area contributed by atoms with E-state index in [9.17, 15) is 16.8 Å². The Morgan fingerprint density at radius 2 is 0.929 bits per heavy atom. The lowest BCUT2D eigenvalue weighted by molar-refractivity contribution is 0.265. The molecule has 28 heavy (non-hydrogen) atoms. The molecule has 8 heteroatoms. The summed E-state index contributed by atoms with van der Waals surface area (Å²) in [5, 5.41) is -1.01. The van der Waals surface area contributed by atoms with E-state index in [4.69, 9.17) is 8.37 Å². The summed E-state index contributed by atoms with van der Waals surface area (Å²) in [4.78, 5) is 0. The molecule has 0 aliphatic carbocycles. The zero-order valence-electron chi connectivity index (χ0n) is 18.3. The molecule has 0 aliphatic rings. The average molecular weight is 443 g/mol. The van der Waals surface area contributed by atoms with Crippen molar-refractivity contribution < 1.29 is 25.2 Å². The molecule has 2 atom stereocenters. The van der Waals surface area contributed by atoms with Gasteiger partial charge in [0.15, 0.2) is 0 Å². The van der Waals surface area contributed by atoms with Crippen LogP contribution in [0, 0.1) is 0 Å². The summed E-state index contributed by atoms with van der Waals surface area (Å²) >= 11 is 0. The maximum atomic E-state index is 12.1. The van der Waals surface area contributed by atoms with Gasteiger partial charge in [0.05, 0.1) is 23.7 Å². The first-order valence-corrected chi connectivity index (χ1v) is 13.9. The van der Waals surface area contributed by atoms with Gasteiger partial charge in [-0.05, 0) is 39.5 Å². The van der Waals surface area contributed by atoms with Gasteiger partial charge < -0.3 is 0 Å². The second-order valence-corrected chi connectivity index (χ2v) is 11.7. The Kier molecular flexibility index (Phi) is 15.5. The standard InChI is InChI=1S/C20H42O6S2/c1-5-7-9-11-15-19(3)27(21,22)25-17-13-14-18-26-28(23,24)20(4)16-12-10-8-6-2/h19-20H,5-18H2,1-4H3/t19-,20-/m1/s1. The van der Waals surface area contributed by atoms with Gasteiger partial charge in [0.1, 0.15) is 0 Å². The Hall–Kier alpha value is -0.180. The Balaban J connectivity index is 3.96. The minimum atomic E-state index is -3.55. The Labute approximate surface area is 174 Å². The van der Waals surface area contributed by atoms with Crippen molar-refractivity contribution in [3.05, 3.63) is 0 Å². The Bertz CT molecular complexity index is 520. The molecule has 0 radical (unpaired) electrons. The molecule has 0 rings (SSSR count). The number of hydrogen-bond acceptors (Lipinski definition) is 6. The second-order valence-electron chi connectivity index (χ2n) is 7.66. The minimum absolute atomic E-state index is 0.0671. The molecular weight excluding hydrogens is 400 g/mol. The molecule has 0 aromatic heterocycles. The smallest absolute Gasteiger partial charge is 0.269 e. The van der Waals surface area contributed by atoms with Gasteiger partial charge in [-0.25, -0.2) is 0 Å². The Morgan fingerprint density at radius 1 is 0.571 bits per heavy atom. The Morgan fingerprint density at radius 3 is 1.25 bits per heavy atom. The van der Waals surface area contributed by atoms with Gasteiger partial charge in [-0.15, -0.1) is 0 Å². The maximum absolute atomic E-state index is 12.1. The third kappa shape index (κ3) is 13.1. The molecule has 0 N–H and O–H groups in total. The number of rotatable bonds is 19. The van der Waals surface area contributed by atoms with Gasteiger partial charge in [0, 0.05) is 0 Å². The van der Waals surface area contributed by atoms with Crippen molar-refractivity contribution in [2.75, 3.05) is 13.2 Å². The molecule has 0 fully saturated rings. The second kappa shape index (κ2) is 15.6. The highest BCUT2D eigenvalue weighted by Gasteiger charge is 2.22. The monoisotopic (exact) mass is 442 g/mol. The molecule has 0 heterocycles. The average Bonchev–Trinajstić information content (AvgIpc) is 2.64. The minimum Gasteiger partial charge on any atom is -0.270 e. The van der Waals surface area contributed by atoms with Crippen molar-refractivity contribution in [1.82, 2.24) is 0 Å². The fraction of sp³-hybridized carbons (Fsp3) is 1.00. The van der Waals surface area contributed by atoms with E-state index in [1.165, 1.54) is 0 Å². The van der Waals surface area contributed by atoms with E-state index in [2.05, 4.69) is 13.8 Å². The predicted octanol–water partition coefficient (Wildman–Crippen LogP) is 5.18. The van der Waals surface area contributed by atoms with Gasteiger partial charge in [0.25, 0.3) is 20.2 Å². The quantitative estimate of drug-likeness (QED) is 0.202. The van der Waals surface area contributed by atoms with Crippen molar-refractivity contribution in [1.29, 1.82) is 0 Å². The summed E-state index contributed by atoms with van der Waals surface area (Å²) in [7, 11) is -7.10. The van der Waals surface area contributed by atoms with E-state index in [0.717, 1.165) is 51.4 Å². The molecular formula is C20H42O6S2. The molecule has 0 aromatic rings. The molecule has 0 bridgehead atoms.